The lowest BCUT2D eigenvalue weighted by Gasteiger charge is -2.26. The van der Waals surface area contributed by atoms with Crippen molar-refractivity contribution in [2.24, 2.45) is 4.99 Å². The number of carbonyl (C=O) groups is 2. The first-order chi connectivity index (χ1) is 21.7. The van der Waals surface area contributed by atoms with E-state index >= 15 is 0 Å². The van der Waals surface area contributed by atoms with Crippen LogP contribution < -0.4 is 19.8 Å². The highest BCUT2D eigenvalue weighted by atomic mass is 35.5. The highest BCUT2D eigenvalue weighted by Crippen LogP contribution is 2.37. The number of thiazole rings is 1. The van der Waals surface area contributed by atoms with Gasteiger partial charge in [-0.2, -0.15) is 0 Å². The average molecular weight is 640 g/mol. The minimum Gasteiger partial charge on any atom is -0.463 e. The van der Waals surface area contributed by atoms with E-state index in [9.17, 15) is 14.4 Å². The van der Waals surface area contributed by atoms with E-state index in [-0.39, 0.29) is 18.1 Å². The summed E-state index contributed by atoms with van der Waals surface area (Å²) in [6.07, 6.45) is 1.30. The van der Waals surface area contributed by atoms with E-state index in [2.05, 4.69) is 13.8 Å². The van der Waals surface area contributed by atoms with Gasteiger partial charge in [0.05, 0.1) is 41.7 Å². The molecule has 45 heavy (non-hydrogen) atoms. The van der Waals surface area contributed by atoms with Gasteiger partial charge in [-0.1, -0.05) is 105 Å². The molecular formula is C36H34ClN3O4S. The zero-order valence-corrected chi connectivity index (χ0v) is 27.2. The van der Waals surface area contributed by atoms with Gasteiger partial charge in [-0.25, -0.2) is 9.79 Å². The van der Waals surface area contributed by atoms with Crippen LogP contribution in [0.5, 0.6) is 0 Å². The van der Waals surface area contributed by atoms with Crippen LogP contribution in [-0.4, -0.2) is 23.1 Å². The summed E-state index contributed by atoms with van der Waals surface area (Å²) in [6, 6.07) is 22.2. The van der Waals surface area contributed by atoms with Gasteiger partial charge in [0.15, 0.2) is 4.80 Å². The summed E-state index contributed by atoms with van der Waals surface area (Å²) in [4.78, 5) is 49.3. The molecule has 0 N–H and O–H groups in total. The molecule has 0 spiro atoms. The summed E-state index contributed by atoms with van der Waals surface area (Å²) in [7, 11) is 0. The highest BCUT2D eigenvalue weighted by molar-refractivity contribution is 7.07. The maximum Gasteiger partial charge on any atom is 0.338 e. The van der Waals surface area contributed by atoms with Crippen LogP contribution in [0.25, 0.3) is 5.57 Å². The highest BCUT2D eigenvalue weighted by Gasteiger charge is 2.38. The molecule has 3 heterocycles. The van der Waals surface area contributed by atoms with Crippen molar-refractivity contribution in [3.63, 3.8) is 0 Å². The second-order valence-corrected chi connectivity index (χ2v) is 12.9. The lowest BCUT2D eigenvalue weighted by molar-refractivity contribution is -0.139. The van der Waals surface area contributed by atoms with Crippen LogP contribution in [0.15, 0.2) is 93.9 Å². The Kier molecular flexibility index (Phi) is 8.62. The minimum atomic E-state index is -0.741. The van der Waals surface area contributed by atoms with Crippen LogP contribution >= 0.6 is 22.9 Å². The summed E-state index contributed by atoms with van der Waals surface area (Å²) in [5, 5.41) is 0.617. The molecule has 230 valence electrons. The SMILES string of the molecule is CCCC1=C(C(=O)OCC)[C@@H](c2ccc(C(C)C)cc2)n2c(s/c(=C3/C(=O)N(Cc4ccc(Cl)cc4)c4ccccc43)c2=O)=N1. The molecule has 0 aliphatic carbocycles. The Labute approximate surface area is 270 Å². The first-order valence-electron chi connectivity index (χ1n) is 15.2. The minimum absolute atomic E-state index is 0.198. The third-order valence-electron chi connectivity index (χ3n) is 8.19. The number of ether oxygens (including phenoxy) is 1. The van der Waals surface area contributed by atoms with Crippen LogP contribution in [0, 0.1) is 0 Å². The molecule has 2 aliphatic heterocycles. The number of fused-ring (bicyclic) bond motifs is 2. The van der Waals surface area contributed by atoms with Crippen molar-refractivity contribution < 1.29 is 14.3 Å². The predicted molar refractivity (Wildman–Crippen MR) is 178 cm³/mol. The summed E-state index contributed by atoms with van der Waals surface area (Å²) in [5.74, 6) is -0.424. The number of carbonyl (C=O) groups excluding carboxylic acids is 2. The number of anilines is 1. The Balaban J connectivity index is 1.58. The van der Waals surface area contributed by atoms with E-state index in [1.54, 1.807) is 28.5 Å². The molecule has 0 bridgehead atoms. The monoisotopic (exact) mass is 639 g/mol. The largest absolute Gasteiger partial charge is 0.463 e. The van der Waals surface area contributed by atoms with E-state index in [4.69, 9.17) is 21.3 Å². The first-order valence-corrected chi connectivity index (χ1v) is 16.4. The fourth-order valence-electron chi connectivity index (χ4n) is 5.98. The number of halogens is 1. The number of hydrogen-bond donors (Lipinski definition) is 0. The van der Waals surface area contributed by atoms with Crippen molar-refractivity contribution in [1.29, 1.82) is 0 Å². The Morgan fingerprint density at radius 3 is 2.38 bits per heavy atom. The van der Waals surface area contributed by atoms with Gasteiger partial charge >= 0.3 is 5.97 Å². The van der Waals surface area contributed by atoms with Crippen LogP contribution in [0.3, 0.4) is 0 Å². The van der Waals surface area contributed by atoms with Gasteiger partial charge in [0.1, 0.15) is 4.53 Å². The number of amides is 1. The zero-order chi connectivity index (χ0) is 31.8. The molecule has 0 saturated carbocycles. The van der Waals surface area contributed by atoms with Crippen molar-refractivity contribution in [1.82, 2.24) is 4.57 Å². The Morgan fingerprint density at radius 2 is 1.71 bits per heavy atom. The fraction of sp³-hybridized carbons (Fsp3) is 0.278. The molecule has 2 aliphatic rings. The zero-order valence-electron chi connectivity index (χ0n) is 25.7. The number of hydrogen-bond acceptors (Lipinski definition) is 6. The maximum atomic E-state index is 14.5. The van der Waals surface area contributed by atoms with Crippen LogP contribution in [0.1, 0.15) is 74.8 Å². The molecule has 0 radical (unpaired) electrons. The molecule has 4 aromatic rings. The molecule has 0 fully saturated rings. The van der Waals surface area contributed by atoms with Gasteiger partial charge in [-0.05, 0) is 54.2 Å². The van der Waals surface area contributed by atoms with Gasteiger partial charge in [0.2, 0.25) is 0 Å². The molecule has 6 rings (SSSR count). The lowest BCUT2D eigenvalue weighted by Crippen LogP contribution is -2.41. The molecule has 1 amide bonds. The maximum absolute atomic E-state index is 14.5. The Hall–Kier alpha value is -4.27. The van der Waals surface area contributed by atoms with Crippen molar-refractivity contribution in [2.45, 2.75) is 59.0 Å². The molecule has 0 unspecified atom stereocenters. The van der Waals surface area contributed by atoms with Crippen molar-refractivity contribution >= 4 is 46.1 Å². The van der Waals surface area contributed by atoms with Gasteiger partial charge in [0, 0.05) is 10.6 Å². The van der Waals surface area contributed by atoms with Gasteiger partial charge < -0.3 is 9.64 Å². The van der Waals surface area contributed by atoms with Gasteiger partial charge in [0.25, 0.3) is 11.5 Å². The molecule has 1 aromatic heterocycles. The van der Waals surface area contributed by atoms with Gasteiger partial charge in [-0.3, -0.25) is 14.2 Å². The second kappa shape index (κ2) is 12.6. The quantitative estimate of drug-likeness (QED) is 0.213. The summed E-state index contributed by atoms with van der Waals surface area (Å²) in [5.41, 5.74) is 5.23. The Bertz CT molecular complexity index is 2010. The van der Waals surface area contributed by atoms with Crippen LogP contribution in [-0.2, 0) is 20.9 Å². The van der Waals surface area contributed by atoms with E-state index in [0.29, 0.717) is 55.6 Å². The van der Waals surface area contributed by atoms with E-state index in [0.717, 1.165) is 28.8 Å². The van der Waals surface area contributed by atoms with E-state index < -0.39 is 12.0 Å². The van der Waals surface area contributed by atoms with Crippen molar-refractivity contribution in [2.75, 3.05) is 11.5 Å². The third-order valence-corrected chi connectivity index (χ3v) is 9.50. The first kappa shape index (κ1) is 30.7. The average Bonchev–Trinajstić information content (AvgIpc) is 3.50. The van der Waals surface area contributed by atoms with E-state index in [1.807, 2.05) is 67.6 Å². The number of nitrogens with zero attached hydrogens (tertiary/aromatic N) is 3. The molecule has 7 nitrogen and oxygen atoms in total. The standard InChI is InChI=1S/C36H34ClN3O4S/c1-5-9-27-30(35(43)44-6-2)31(24-16-14-23(15-17-24)21(3)4)40-34(42)32(45-36(40)38-27)29-26-10-7-8-11-28(26)39(33(29)41)20-22-12-18-25(37)19-13-22/h7-8,10-19,21,31H,5-6,9,20H2,1-4H3/b32-29+/t31-/m1/s1. The normalized spacial score (nSPS) is 17.0. The predicted octanol–water partition coefficient (Wildman–Crippen LogP) is 6.27. The molecule has 9 heteroatoms. The van der Waals surface area contributed by atoms with Crippen LogP contribution in [0.4, 0.5) is 5.69 Å². The number of rotatable bonds is 8. The molecule has 3 aromatic carbocycles. The number of para-hydroxylation sites is 1. The van der Waals surface area contributed by atoms with Gasteiger partial charge in [-0.15, -0.1) is 0 Å². The van der Waals surface area contributed by atoms with Crippen molar-refractivity contribution in [3.05, 3.63) is 131 Å². The number of esters is 1. The topological polar surface area (TPSA) is 81.0 Å². The van der Waals surface area contributed by atoms with E-state index in [1.165, 1.54) is 11.3 Å². The number of aromatic nitrogens is 1. The third kappa shape index (κ3) is 5.57. The smallest absolute Gasteiger partial charge is 0.338 e. The van der Waals surface area contributed by atoms with Crippen molar-refractivity contribution in [3.8, 4) is 0 Å². The lowest BCUT2D eigenvalue weighted by atomic mass is 9.92. The molecular weight excluding hydrogens is 606 g/mol. The van der Waals surface area contributed by atoms with Crippen LogP contribution in [0.2, 0.25) is 5.02 Å². The molecule has 1 atom stereocenters. The second-order valence-electron chi connectivity index (χ2n) is 11.5. The fourth-order valence-corrected chi connectivity index (χ4v) is 7.21. The summed E-state index contributed by atoms with van der Waals surface area (Å²) < 4.78 is 7.40. The summed E-state index contributed by atoms with van der Waals surface area (Å²) in [6.45, 7) is 8.56. The molecule has 0 saturated heterocycles. The number of allylic oxidation sites excluding steroid dienone is 1. The Morgan fingerprint density at radius 1 is 1.00 bits per heavy atom. The number of benzene rings is 3. The summed E-state index contributed by atoms with van der Waals surface area (Å²) >= 11 is 7.30.